The summed E-state index contributed by atoms with van der Waals surface area (Å²) in [6, 6.07) is 80.1. The Bertz CT molecular complexity index is 3590. The van der Waals surface area contributed by atoms with Crippen molar-refractivity contribution in [2.24, 2.45) is 0 Å². The highest BCUT2D eigenvalue weighted by Gasteiger charge is 2.20. The fourth-order valence-corrected chi connectivity index (χ4v) is 9.05. The van der Waals surface area contributed by atoms with Crippen molar-refractivity contribution in [1.29, 1.82) is 0 Å². The van der Waals surface area contributed by atoms with Gasteiger partial charge in [-0.25, -0.2) is 0 Å². The second-order valence-corrected chi connectivity index (χ2v) is 15.7. The van der Waals surface area contributed by atoms with Crippen LogP contribution < -0.4 is 4.90 Å². The minimum Gasteiger partial charge on any atom is -0.456 e. The van der Waals surface area contributed by atoms with Gasteiger partial charge in [0.05, 0.1) is 5.69 Å². The van der Waals surface area contributed by atoms with E-state index in [9.17, 15) is 0 Å². The van der Waals surface area contributed by atoms with Crippen LogP contribution in [0.2, 0.25) is 0 Å². The van der Waals surface area contributed by atoms with E-state index in [-0.39, 0.29) is 0 Å². The van der Waals surface area contributed by atoms with E-state index in [1.807, 2.05) is 24.3 Å². The van der Waals surface area contributed by atoms with Gasteiger partial charge in [0, 0.05) is 44.0 Å². The molecule has 0 atom stereocenters. The molecule has 0 fully saturated rings. The topological polar surface area (TPSA) is 29.5 Å². The van der Waals surface area contributed by atoms with E-state index in [1.165, 1.54) is 21.9 Å². The zero-order valence-corrected chi connectivity index (χ0v) is 33.1. The summed E-state index contributed by atoms with van der Waals surface area (Å²) in [5.74, 6) is 0. The molecule has 0 saturated carbocycles. The van der Waals surface area contributed by atoms with Crippen molar-refractivity contribution in [2.45, 2.75) is 0 Å². The molecule has 0 saturated heterocycles. The van der Waals surface area contributed by atoms with Crippen LogP contribution in [0.5, 0.6) is 0 Å². The van der Waals surface area contributed by atoms with Crippen molar-refractivity contribution in [2.75, 3.05) is 4.90 Å². The first-order valence-corrected chi connectivity index (χ1v) is 20.7. The largest absolute Gasteiger partial charge is 0.456 e. The molecular formula is C58H37NO2. The Hall–Kier alpha value is -8.14. The van der Waals surface area contributed by atoms with E-state index in [4.69, 9.17) is 8.83 Å². The van der Waals surface area contributed by atoms with Gasteiger partial charge in [0.1, 0.15) is 22.3 Å². The van der Waals surface area contributed by atoms with Gasteiger partial charge in [0.15, 0.2) is 0 Å². The molecule has 12 aromatic rings. The lowest BCUT2D eigenvalue weighted by Crippen LogP contribution is -2.11. The number of nitrogens with zero attached hydrogens (tertiary/aromatic N) is 1. The third-order valence-electron chi connectivity index (χ3n) is 12.1. The van der Waals surface area contributed by atoms with E-state index in [0.717, 1.165) is 94.3 Å². The zero-order chi connectivity index (χ0) is 40.3. The number of furan rings is 2. The van der Waals surface area contributed by atoms with Crippen molar-refractivity contribution in [3.05, 3.63) is 224 Å². The van der Waals surface area contributed by atoms with Crippen LogP contribution in [0.15, 0.2) is 233 Å². The molecule has 2 heterocycles. The Morgan fingerprint density at radius 3 is 1.67 bits per heavy atom. The van der Waals surface area contributed by atoms with Crippen LogP contribution in [0.4, 0.5) is 17.1 Å². The highest BCUT2D eigenvalue weighted by molar-refractivity contribution is 6.10. The van der Waals surface area contributed by atoms with Crippen molar-refractivity contribution >= 4 is 71.7 Å². The lowest BCUT2D eigenvalue weighted by atomic mass is 9.97. The lowest BCUT2D eigenvalue weighted by molar-refractivity contribution is 0.669. The summed E-state index contributed by atoms with van der Waals surface area (Å²) >= 11 is 0. The van der Waals surface area contributed by atoms with Gasteiger partial charge in [-0.05, 0) is 105 Å². The fourth-order valence-electron chi connectivity index (χ4n) is 9.05. The van der Waals surface area contributed by atoms with Crippen LogP contribution >= 0.6 is 0 Å². The second kappa shape index (κ2) is 14.3. The molecule has 3 nitrogen and oxygen atoms in total. The van der Waals surface area contributed by atoms with Crippen LogP contribution in [-0.2, 0) is 0 Å². The minimum absolute atomic E-state index is 0.883. The maximum absolute atomic E-state index is 6.46. The summed E-state index contributed by atoms with van der Waals surface area (Å²) in [6.45, 7) is 0. The normalized spacial score (nSPS) is 11.6. The standard InChI is InChI=1S/C58H37NO2/c1-2-12-42-35-44(28-27-38(42)11-1)40-25-23-39(24-26-40)43-13-9-14-47(36-43)59(46-32-29-41(30-33-46)49-18-10-19-52-50-16-4-8-22-56(50)61-58(49)52)54-20-6-3-15-48(54)45-31-34-57-53(37-45)51-17-5-7-21-55(51)60-57/h1-37H. The van der Waals surface area contributed by atoms with Crippen molar-refractivity contribution in [1.82, 2.24) is 0 Å². The molecule has 3 heteroatoms. The Morgan fingerprint density at radius 1 is 0.279 bits per heavy atom. The fraction of sp³-hybridized carbons (Fsp3) is 0. The van der Waals surface area contributed by atoms with Crippen LogP contribution in [-0.4, -0.2) is 0 Å². The molecule has 0 radical (unpaired) electrons. The molecule has 61 heavy (non-hydrogen) atoms. The first-order chi connectivity index (χ1) is 30.2. The van der Waals surface area contributed by atoms with E-state index >= 15 is 0 Å². The zero-order valence-electron chi connectivity index (χ0n) is 33.1. The number of hydrogen-bond donors (Lipinski definition) is 0. The van der Waals surface area contributed by atoms with Crippen molar-refractivity contribution in [3.63, 3.8) is 0 Å². The Kier molecular flexibility index (Phi) is 8.17. The maximum Gasteiger partial charge on any atom is 0.143 e. The number of para-hydroxylation sites is 4. The number of hydrogen-bond acceptors (Lipinski definition) is 3. The van der Waals surface area contributed by atoms with Gasteiger partial charge in [-0.3, -0.25) is 0 Å². The predicted octanol–water partition coefficient (Wildman–Crippen LogP) is 16.8. The van der Waals surface area contributed by atoms with Gasteiger partial charge in [0.25, 0.3) is 0 Å². The molecule has 0 amide bonds. The first-order valence-electron chi connectivity index (χ1n) is 20.7. The van der Waals surface area contributed by atoms with Gasteiger partial charge in [-0.2, -0.15) is 0 Å². The van der Waals surface area contributed by atoms with E-state index in [2.05, 4.69) is 205 Å². The average molecular weight is 780 g/mol. The van der Waals surface area contributed by atoms with Gasteiger partial charge in [-0.15, -0.1) is 0 Å². The van der Waals surface area contributed by atoms with Crippen molar-refractivity contribution < 1.29 is 8.83 Å². The average Bonchev–Trinajstić information content (AvgIpc) is 3.90. The summed E-state index contributed by atoms with van der Waals surface area (Å²) in [5.41, 5.74) is 15.9. The summed E-state index contributed by atoms with van der Waals surface area (Å²) in [6.07, 6.45) is 0. The number of benzene rings is 10. The van der Waals surface area contributed by atoms with Crippen LogP contribution in [0.1, 0.15) is 0 Å². The molecule has 12 rings (SSSR count). The number of rotatable bonds is 7. The molecule has 0 aliphatic heterocycles. The summed E-state index contributed by atoms with van der Waals surface area (Å²) in [5, 5.41) is 6.96. The van der Waals surface area contributed by atoms with Crippen LogP contribution in [0.3, 0.4) is 0 Å². The number of fused-ring (bicyclic) bond motifs is 7. The SMILES string of the molecule is c1cc(-c2ccc(-c3ccc4ccccc4c3)cc2)cc(N(c2ccc(-c3cccc4c3oc3ccccc34)cc2)c2ccccc2-c2ccc3oc4ccccc4c3c2)c1. The molecule has 2 aromatic heterocycles. The van der Waals surface area contributed by atoms with Crippen LogP contribution in [0.25, 0.3) is 99.2 Å². The lowest BCUT2D eigenvalue weighted by Gasteiger charge is -2.28. The van der Waals surface area contributed by atoms with Gasteiger partial charge in [-0.1, -0.05) is 164 Å². The van der Waals surface area contributed by atoms with E-state index in [0.29, 0.717) is 0 Å². The first kappa shape index (κ1) is 34.9. The summed E-state index contributed by atoms with van der Waals surface area (Å²) in [4.78, 5) is 2.38. The molecule has 10 aromatic carbocycles. The second-order valence-electron chi connectivity index (χ2n) is 15.7. The summed E-state index contributed by atoms with van der Waals surface area (Å²) in [7, 11) is 0. The molecule has 0 bridgehead atoms. The molecular weight excluding hydrogens is 743 g/mol. The summed E-state index contributed by atoms with van der Waals surface area (Å²) < 4.78 is 12.7. The monoisotopic (exact) mass is 779 g/mol. The number of anilines is 3. The van der Waals surface area contributed by atoms with Gasteiger partial charge in [0.2, 0.25) is 0 Å². The molecule has 286 valence electrons. The molecule has 0 spiro atoms. The van der Waals surface area contributed by atoms with Crippen LogP contribution in [0, 0.1) is 0 Å². The predicted molar refractivity (Wildman–Crippen MR) is 255 cm³/mol. The Balaban J connectivity index is 0.976. The highest BCUT2D eigenvalue weighted by Crippen LogP contribution is 2.44. The highest BCUT2D eigenvalue weighted by atomic mass is 16.3. The van der Waals surface area contributed by atoms with Crippen molar-refractivity contribution in [3.8, 4) is 44.5 Å². The van der Waals surface area contributed by atoms with Gasteiger partial charge < -0.3 is 13.7 Å². The van der Waals surface area contributed by atoms with E-state index in [1.54, 1.807) is 0 Å². The Labute approximate surface area is 353 Å². The Morgan fingerprint density at radius 2 is 0.852 bits per heavy atom. The quantitative estimate of drug-likeness (QED) is 0.161. The molecule has 0 aliphatic rings. The molecule has 0 aliphatic carbocycles. The smallest absolute Gasteiger partial charge is 0.143 e. The van der Waals surface area contributed by atoms with Gasteiger partial charge >= 0.3 is 0 Å². The third-order valence-corrected chi connectivity index (χ3v) is 12.1. The molecule has 0 N–H and O–H groups in total. The minimum atomic E-state index is 0.883. The van der Waals surface area contributed by atoms with E-state index < -0.39 is 0 Å². The third kappa shape index (κ3) is 6.06. The maximum atomic E-state index is 6.46. The molecule has 0 unspecified atom stereocenters.